The topological polar surface area (TPSA) is 55.4 Å². The van der Waals surface area contributed by atoms with Gasteiger partial charge in [-0.15, -0.1) is 11.3 Å². The number of nitrogens with one attached hydrogen (secondary N) is 1. The van der Waals surface area contributed by atoms with Gasteiger partial charge >= 0.3 is 5.97 Å². The second-order valence-electron chi connectivity index (χ2n) is 9.60. The van der Waals surface area contributed by atoms with Crippen molar-refractivity contribution < 1.29 is 14.3 Å². The first kappa shape index (κ1) is 25.2. The molecule has 6 heteroatoms. The van der Waals surface area contributed by atoms with E-state index in [0.717, 1.165) is 43.2 Å². The lowest BCUT2D eigenvalue weighted by Crippen LogP contribution is -2.17. The van der Waals surface area contributed by atoms with Gasteiger partial charge in [-0.05, 0) is 68.2 Å². The lowest BCUT2D eigenvalue weighted by molar-refractivity contribution is -0.117. The number of hydrogen-bond acceptors (Lipinski definition) is 4. The molecule has 1 amide bonds. The molecule has 2 aliphatic carbocycles. The van der Waals surface area contributed by atoms with Gasteiger partial charge in [-0.25, -0.2) is 4.79 Å². The van der Waals surface area contributed by atoms with Crippen molar-refractivity contribution in [3.05, 3.63) is 50.9 Å². The van der Waals surface area contributed by atoms with E-state index in [4.69, 9.17) is 16.3 Å². The fraction of sp³-hybridized carbons (Fsp3) is 0.571. The molecule has 4 nitrogen and oxygen atoms in total. The number of carbonyl (C=O) groups excluding carboxylic acids is 2. The van der Waals surface area contributed by atoms with Crippen LogP contribution in [-0.2, 0) is 22.4 Å². The Labute approximate surface area is 212 Å². The monoisotopic (exact) mass is 501 g/mol. The van der Waals surface area contributed by atoms with Crippen molar-refractivity contribution in [2.75, 3.05) is 11.9 Å². The molecule has 2 aliphatic rings. The first-order valence-corrected chi connectivity index (χ1v) is 14.2. The van der Waals surface area contributed by atoms with Crippen molar-refractivity contribution in [3.8, 4) is 0 Å². The summed E-state index contributed by atoms with van der Waals surface area (Å²) in [7, 11) is 0. The van der Waals surface area contributed by atoms with Crippen LogP contribution in [-0.4, -0.2) is 18.5 Å². The highest BCUT2D eigenvalue weighted by Crippen LogP contribution is 2.49. The zero-order chi connectivity index (χ0) is 23.9. The third-order valence-electron chi connectivity index (χ3n) is 7.06. The molecule has 1 fully saturated rings. The fourth-order valence-corrected chi connectivity index (χ4v) is 6.48. The molecule has 0 unspecified atom stereocenters. The Morgan fingerprint density at radius 3 is 2.24 bits per heavy atom. The largest absolute Gasteiger partial charge is 0.462 e. The van der Waals surface area contributed by atoms with E-state index in [1.165, 1.54) is 49.8 Å². The van der Waals surface area contributed by atoms with E-state index in [2.05, 4.69) is 5.32 Å². The fourth-order valence-electron chi connectivity index (χ4n) is 5.08. The molecule has 2 aromatic rings. The number of ether oxygens (including phenoxy) is 1. The molecule has 0 bridgehead atoms. The summed E-state index contributed by atoms with van der Waals surface area (Å²) in [6, 6.07) is 7.75. The van der Waals surface area contributed by atoms with Crippen LogP contribution in [0.4, 0.5) is 5.00 Å². The zero-order valence-electron chi connectivity index (χ0n) is 20.2. The highest BCUT2D eigenvalue weighted by atomic mass is 35.5. The molecule has 0 saturated heterocycles. The van der Waals surface area contributed by atoms with E-state index in [-0.39, 0.29) is 23.7 Å². The first-order valence-electron chi connectivity index (χ1n) is 13.0. The molecular weight excluding hydrogens is 466 g/mol. The minimum Gasteiger partial charge on any atom is -0.462 e. The minimum atomic E-state index is -0.301. The maximum absolute atomic E-state index is 13.2. The summed E-state index contributed by atoms with van der Waals surface area (Å²) in [6.07, 6.45) is 13.8. The number of amides is 1. The molecule has 1 aromatic carbocycles. The number of anilines is 1. The summed E-state index contributed by atoms with van der Waals surface area (Å²) >= 11 is 7.61. The highest BCUT2D eigenvalue weighted by molar-refractivity contribution is 7.17. The van der Waals surface area contributed by atoms with Gasteiger partial charge < -0.3 is 10.1 Å². The summed E-state index contributed by atoms with van der Waals surface area (Å²) in [6.45, 7) is 2.16. The second kappa shape index (κ2) is 12.2. The molecule has 0 spiro atoms. The van der Waals surface area contributed by atoms with Crippen molar-refractivity contribution >= 4 is 39.8 Å². The van der Waals surface area contributed by atoms with E-state index < -0.39 is 0 Å². The van der Waals surface area contributed by atoms with Crippen LogP contribution in [0.1, 0.15) is 103 Å². The zero-order valence-corrected chi connectivity index (χ0v) is 21.7. The summed E-state index contributed by atoms with van der Waals surface area (Å²) in [5.74, 6) is -0.153. The summed E-state index contributed by atoms with van der Waals surface area (Å²) in [5.41, 5.74) is 2.86. The molecule has 1 N–H and O–H groups in total. The van der Waals surface area contributed by atoms with Gasteiger partial charge in [-0.1, -0.05) is 68.7 Å². The van der Waals surface area contributed by atoms with Crippen LogP contribution in [0.25, 0.3) is 0 Å². The average molecular weight is 502 g/mol. The van der Waals surface area contributed by atoms with Crippen molar-refractivity contribution in [1.82, 2.24) is 0 Å². The minimum absolute atomic E-state index is 0.000692. The highest BCUT2D eigenvalue weighted by Gasteiger charge is 2.44. The predicted octanol–water partition coefficient (Wildman–Crippen LogP) is 7.93. The number of thiophene rings is 1. The van der Waals surface area contributed by atoms with Gasteiger partial charge in [0.25, 0.3) is 0 Å². The van der Waals surface area contributed by atoms with Crippen LogP contribution in [0.3, 0.4) is 0 Å². The Hall–Kier alpha value is -1.85. The van der Waals surface area contributed by atoms with Crippen LogP contribution in [0.2, 0.25) is 5.02 Å². The Morgan fingerprint density at radius 2 is 1.59 bits per heavy atom. The third-order valence-corrected chi connectivity index (χ3v) is 8.52. The van der Waals surface area contributed by atoms with E-state index in [9.17, 15) is 9.59 Å². The van der Waals surface area contributed by atoms with Gasteiger partial charge in [0.1, 0.15) is 5.00 Å². The molecular formula is C28H36ClNO3S. The molecule has 1 heterocycles. The lowest BCUT2D eigenvalue weighted by Gasteiger charge is -2.10. The van der Waals surface area contributed by atoms with Crippen LogP contribution >= 0.6 is 22.9 Å². The maximum Gasteiger partial charge on any atom is 0.341 e. The van der Waals surface area contributed by atoms with Crippen LogP contribution in [0, 0.1) is 5.92 Å². The van der Waals surface area contributed by atoms with Crippen molar-refractivity contribution in [2.24, 2.45) is 5.92 Å². The normalized spacial score (nSPS) is 21.4. The molecule has 1 saturated carbocycles. The Morgan fingerprint density at radius 1 is 0.971 bits per heavy atom. The number of esters is 1. The molecule has 34 heavy (non-hydrogen) atoms. The predicted molar refractivity (Wildman–Crippen MR) is 140 cm³/mol. The third kappa shape index (κ3) is 6.42. The lowest BCUT2D eigenvalue weighted by atomic mass is 10.00. The Kier molecular flexibility index (Phi) is 9.07. The van der Waals surface area contributed by atoms with Gasteiger partial charge in [-0.3, -0.25) is 4.79 Å². The van der Waals surface area contributed by atoms with E-state index in [1.807, 2.05) is 31.2 Å². The number of hydrogen-bond donors (Lipinski definition) is 1. The SMILES string of the molecule is CCOC(=O)c1c(NC(=O)[C@@H]2C[C@H]2c2ccc(Cl)cc2)sc2c1CCCCCCCCCCC2. The molecule has 1 aromatic heterocycles. The number of halogens is 1. The van der Waals surface area contributed by atoms with Crippen molar-refractivity contribution in [3.63, 3.8) is 0 Å². The van der Waals surface area contributed by atoms with Crippen LogP contribution in [0.5, 0.6) is 0 Å². The number of carbonyl (C=O) groups is 2. The summed E-state index contributed by atoms with van der Waals surface area (Å²) in [4.78, 5) is 27.4. The number of benzene rings is 1. The van der Waals surface area contributed by atoms with Gasteiger partial charge in [0.05, 0.1) is 12.2 Å². The quantitative estimate of drug-likeness (QED) is 0.423. The van der Waals surface area contributed by atoms with E-state index in [0.29, 0.717) is 22.2 Å². The molecule has 0 radical (unpaired) electrons. The Bertz CT molecular complexity index is 984. The first-order chi connectivity index (χ1) is 16.6. The number of fused-ring (bicyclic) bond motifs is 1. The number of aryl methyl sites for hydroxylation is 1. The average Bonchev–Trinajstić information content (AvgIpc) is 3.54. The second-order valence-corrected chi connectivity index (χ2v) is 11.1. The van der Waals surface area contributed by atoms with Gasteiger partial charge in [0.15, 0.2) is 0 Å². The van der Waals surface area contributed by atoms with Crippen LogP contribution in [0.15, 0.2) is 24.3 Å². The van der Waals surface area contributed by atoms with Crippen molar-refractivity contribution in [1.29, 1.82) is 0 Å². The van der Waals surface area contributed by atoms with Crippen molar-refractivity contribution in [2.45, 2.75) is 89.9 Å². The molecule has 0 aliphatic heterocycles. The standard InChI is InChI=1S/C28H36ClNO3S/c1-2-33-28(32)25-21-12-10-8-6-4-3-5-7-9-11-13-24(21)34-27(25)30-26(31)23-18-22(23)19-14-16-20(29)17-15-19/h14-17,22-23H,2-13,18H2,1H3,(H,30,31)/t22-,23+/m0/s1. The molecule has 4 rings (SSSR count). The smallest absolute Gasteiger partial charge is 0.341 e. The van der Waals surface area contributed by atoms with Crippen LogP contribution < -0.4 is 5.32 Å². The van der Waals surface area contributed by atoms with E-state index in [1.54, 1.807) is 11.3 Å². The molecule has 184 valence electrons. The van der Waals surface area contributed by atoms with Gasteiger partial charge in [0.2, 0.25) is 5.91 Å². The van der Waals surface area contributed by atoms with Gasteiger partial charge in [0, 0.05) is 15.8 Å². The van der Waals surface area contributed by atoms with E-state index >= 15 is 0 Å². The Balaban J connectivity index is 1.54. The summed E-state index contributed by atoms with van der Waals surface area (Å²) in [5, 5.41) is 4.53. The molecule has 2 atom stereocenters. The number of rotatable bonds is 5. The summed E-state index contributed by atoms with van der Waals surface area (Å²) < 4.78 is 5.45. The maximum atomic E-state index is 13.2. The van der Waals surface area contributed by atoms with Gasteiger partial charge in [-0.2, -0.15) is 0 Å².